The molecular formula is C15H26N2O. The Bertz CT molecular complexity index is 323. The molecule has 18 heavy (non-hydrogen) atoms. The van der Waals surface area contributed by atoms with Gasteiger partial charge in [-0.25, -0.2) is 0 Å². The topological polar surface area (TPSA) is 28.4 Å². The minimum Gasteiger partial charge on any atom is -0.468 e. The fraction of sp³-hybridized carbons (Fsp3) is 0.733. The Hall–Kier alpha value is -0.800. The lowest BCUT2D eigenvalue weighted by Crippen LogP contribution is -2.38. The van der Waals surface area contributed by atoms with Crippen LogP contribution in [0.4, 0.5) is 0 Å². The van der Waals surface area contributed by atoms with Gasteiger partial charge in [-0.1, -0.05) is 13.3 Å². The molecule has 1 aromatic rings. The van der Waals surface area contributed by atoms with Gasteiger partial charge in [0.15, 0.2) is 0 Å². The van der Waals surface area contributed by atoms with E-state index in [1.165, 1.54) is 32.2 Å². The van der Waals surface area contributed by atoms with Gasteiger partial charge in [0.2, 0.25) is 0 Å². The molecule has 1 fully saturated rings. The molecule has 0 bridgehead atoms. The maximum absolute atomic E-state index is 5.40. The van der Waals surface area contributed by atoms with Crippen molar-refractivity contribution in [2.45, 2.75) is 45.2 Å². The normalized spacial score (nSPS) is 23.9. The zero-order chi connectivity index (χ0) is 12.8. The average Bonchev–Trinajstić information content (AvgIpc) is 2.98. The van der Waals surface area contributed by atoms with E-state index in [1.807, 2.05) is 6.07 Å². The Morgan fingerprint density at radius 3 is 3.06 bits per heavy atom. The van der Waals surface area contributed by atoms with Gasteiger partial charge in [0.05, 0.1) is 12.8 Å². The second-order valence-corrected chi connectivity index (χ2v) is 5.53. The van der Waals surface area contributed by atoms with Crippen LogP contribution in [0.15, 0.2) is 22.8 Å². The summed E-state index contributed by atoms with van der Waals surface area (Å²) in [6.07, 6.45) is 7.07. The molecule has 1 aliphatic carbocycles. The van der Waals surface area contributed by atoms with Gasteiger partial charge in [-0.3, -0.25) is 4.90 Å². The summed E-state index contributed by atoms with van der Waals surface area (Å²) >= 11 is 0. The molecule has 0 saturated heterocycles. The van der Waals surface area contributed by atoms with E-state index in [4.69, 9.17) is 4.42 Å². The number of nitrogens with one attached hydrogen (secondary N) is 1. The number of hydrogen-bond donors (Lipinski definition) is 1. The van der Waals surface area contributed by atoms with Crippen molar-refractivity contribution >= 4 is 0 Å². The van der Waals surface area contributed by atoms with Crippen LogP contribution in [0.3, 0.4) is 0 Å². The van der Waals surface area contributed by atoms with Crippen LogP contribution in [0.25, 0.3) is 0 Å². The van der Waals surface area contributed by atoms with Gasteiger partial charge >= 0.3 is 0 Å². The molecule has 3 heteroatoms. The molecule has 0 aliphatic heterocycles. The molecule has 2 rings (SSSR count). The maximum Gasteiger partial charge on any atom is 0.117 e. The standard InChI is InChI=1S/C15H26N2O/c1-3-9-16-15-8-4-6-13(15)11-17(2)12-14-7-5-10-18-14/h5,7,10,13,15-16H,3-4,6,8-9,11-12H2,1-2H3. The van der Waals surface area contributed by atoms with Crippen molar-refractivity contribution in [3.63, 3.8) is 0 Å². The third-order valence-corrected chi connectivity index (χ3v) is 3.87. The highest BCUT2D eigenvalue weighted by Crippen LogP contribution is 2.26. The van der Waals surface area contributed by atoms with Crippen LogP contribution in [0, 0.1) is 5.92 Å². The summed E-state index contributed by atoms with van der Waals surface area (Å²) in [7, 11) is 2.19. The van der Waals surface area contributed by atoms with Crippen molar-refractivity contribution in [2.24, 2.45) is 5.92 Å². The zero-order valence-electron chi connectivity index (χ0n) is 11.7. The third kappa shape index (κ3) is 3.85. The predicted octanol–water partition coefficient (Wildman–Crippen LogP) is 2.88. The SMILES string of the molecule is CCCNC1CCCC1CN(C)Cc1ccco1. The van der Waals surface area contributed by atoms with Crippen molar-refractivity contribution < 1.29 is 4.42 Å². The monoisotopic (exact) mass is 250 g/mol. The Kier molecular flexibility index (Phi) is 5.26. The van der Waals surface area contributed by atoms with Gasteiger partial charge in [-0.05, 0) is 50.9 Å². The third-order valence-electron chi connectivity index (χ3n) is 3.87. The zero-order valence-corrected chi connectivity index (χ0v) is 11.7. The molecule has 1 heterocycles. The van der Waals surface area contributed by atoms with E-state index >= 15 is 0 Å². The van der Waals surface area contributed by atoms with Gasteiger partial charge < -0.3 is 9.73 Å². The molecule has 0 amide bonds. The van der Waals surface area contributed by atoms with E-state index in [0.717, 1.165) is 30.8 Å². The van der Waals surface area contributed by atoms with Crippen LogP contribution in [0.2, 0.25) is 0 Å². The summed E-state index contributed by atoms with van der Waals surface area (Å²) < 4.78 is 5.40. The molecule has 1 saturated carbocycles. The molecule has 0 radical (unpaired) electrons. The van der Waals surface area contributed by atoms with E-state index in [9.17, 15) is 0 Å². The first-order valence-electron chi connectivity index (χ1n) is 7.24. The Morgan fingerprint density at radius 1 is 1.44 bits per heavy atom. The van der Waals surface area contributed by atoms with Crippen LogP contribution in [-0.4, -0.2) is 31.1 Å². The van der Waals surface area contributed by atoms with E-state index in [1.54, 1.807) is 6.26 Å². The Labute approximate surface area is 111 Å². The molecule has 1 aromatic heterocycles. The number of hydrogen-bond acceptors (Lipinski definition) is 3. The summed E-state index contributed by atoms with van der Waals surface area (Å²) in [5, 5.41) is 3.70. The van der Waals surface area contributed by atoms with Gasteiger partial charge in [0.25, 0.3) is 0 Å². The van der Waals surface area contributed by atoms with E-state index in [2.05, 4.69) is 30.3 Å². The molecule has 3 nitrogen and oxygen atoms in total. The Morgan fingerprint density at radius 2 is 2.33 bits per heavy atom. The summed E-state index contributed by atoms with van der Waals surface area (Å²) in [4.78, 5) is 2.38. The molecule has 0 spiro atoms. The van der Waals surface area contributed by atoms with E-state index < -0.39 is 0 Å². The van der Waals surface area contributed by atoms with Gasteiger partial charge in [-0.15, -0.1) is 0 Å². The fourth-order valence-electron chi connectivity index (χ4n) is 2.99. The highest BCUT2D eigenvalue weighted by Gasteiger charge is 2.27. The maximum atomic E-state index is 5.40. The van der Waals surface area contributed by atoms with Crippen molar-refractivity contribution in [1.29, 1.82) is 0 Å². The van der Waals surface area contributed by atoms with Gasteiger partial charge in [0, 0.05) is 12.6 Å². The number of furan rings is 1. The summed E-state index contributed by atoms with van der Waals surface area (Å²) in [6, 6.07) is 4.74. The smallest absolute Gasteiger partial charge is 0.117 e. The molecular weight excluding hydrogens is 224 g/mol. The van der Waals surface area contributed by atoms with Gasteiger partial charge in [-0.2, -0.15) is 0 Å². The lowest BCUT2D eigenvalue weighted by Gasteiger charge is -2.25. The average molecular weight is 250 g/mol. The number of rotatable bonds is 7. The first kappa shape index (κ1) is 13.6. The van der Waals surface area contributed by atoms with Crippen molar-refractivity contribution in [2.75, 3.05) is 20.1 Å². The largest absolute Gasteiger partial charge is 0.468 e. The van der Waals surface area contributed by atoms with Crippen molar-refractivity contribution in [3.8, 4) is 0 Å². The van der Waals surface area contributed by atoms with Crippen LogP contribution in [-0.2, 0) is 6.54 Å². The fourth-order valence-corrected chi connectivity index (χ4v) is 2.99. The van der Waals surface area contributed by atoms with Gasteiger partial charge in [0.1, 0.15) is 5.76 Å². The van der Waals surface area contributed by atoms with Crippen molar-refractivity contribution in [3.05, 3.63) is 24.2 Å². The second kappa shape index (κ2) is 6.95. The summed E-state index contributed by atoms with van der Waals surface area (Å²) in [5.74, 6) is 1.87. The van der Waals surface area contributed by atoms with Crippen LogP contribution in [0.5, 0.6) is 0 Å². The molecule has 102 valence electrons. The van der Waals surface area contributed by atoms with E-state index in [0.29, 0.717) is 0 Å². The van der Waals surface area contributed by atoms with Crippen LogP contribution < -0.4 is 5.32 Å². The quantitative estimate of drug-likeness (QED) is 0.806. The predicted molar refractivity (Wildman–Crippen MR) is 74.5 cm³/mol. The molecule has 2 unspecified atom stereocenters. The summed E-state index contributed by atoms with van der Waals surface area (Å²) in [5.41, 5.74) is 0. The molecule has 0 aromatic carbocycles. The lowest BCUT2D eigenvalue weighted by molar-refractivity contribution is 0.230. The number of nitrogens with zero attached hydrogens (tertiary/aromatic N) is 1. The minimum absolute atomic E-state index is 0.726. The minimum atomic E-state index is 0.726. The first-order valence-corrected chi connectivity index (χ1v) is 7.24. The van der Waals surface area contributed by atoms with Crippen molar-refractivity contribution in [1.82, 2.24) is 10.2 Å². The lowest BCUT2D eigenvalue weighted by atomic mass is 10.0. The molecule has 1 N–H and O–H groups in total. The highest BCUT2D eigenvalue weighted by atomic mass is 16.3. The Balaban J connectivity index is 1.77. The first-order chi connectivity index (χ1) is 8.79. The van der Waals surface area contributed by atoms with Crippen LogP contribution in [0.1, 0.15) is 38.4 Å². The molecule has 1 aliphatic rings. The highest BCUT2D eigenvalue weighted by molar-refractivity contribution is 4.98. The van der Waals surface area contributed by atoms with E-state index in [-0.39, 0.29) is 0 Å². The molecule has 2 atom stereocenters. The second-order valence-electron chi connectivity index (χ2n) is 5.53. The van der Waals surface area contributed by atoms with Crippen LogP contribution >= 0.6 is 0 Å². The summed E-state index contributed by atoms with van der Waals surface area (Å²) in [6.45, 7) is 5.48.